The van der Waals surface area contributed by atoms with E-state index >= 15 is 0 Å². The van der Waals surface area contributed by atoms with Crippen LogP contribution in [0.15, 0.2) is 48.5 Å². The number of benzene rings is 2. The minimum atomic E-state index is 0.0206. The third-order valence-electron chi connectivity index (χ3n) is 6.33. The van der Waals surface area contributed by atoms with Crippen LogP contribution in [-0.4, -0.2) is 16.7 Å². The Morgan fingerprint density at radius 2 is 1.66 bits per heavy atom. The van der Waals surface area contributed by atoms with Crippen molar-refractivity contribution in [3.05, 3.63) is 71.0 Å². The molecule has 3 nitrogen and oxygen atoms in total. The van der Waals surface area contributed by atoms with E-state index in [2.05, 4.69) is 99.9 Å². The standard InChI is InChI=1S/C26H29N3/c1-16-9-7-8-10-23(16)28-18(3)29(26(4,5)6)25-15-21-19(14-24(25)28)13-22-20(21)12-11-17(2)27-22/h7-12,14-15,18H,13H2,1-6H3/t18-/m1/s1. The zero-order valence-electron chi connectivity index (χ0n) is 18.2. The Bertz CT molecular complexity index is 1120. The molecule has 0 N–H and O–H groups in total. The number of pyridine rings is 1. The lowest BCUT2D eigenvalue weighted by Gasteiger charge is -2.40. The van der Waals surface area contributed by atoms with E-state index in [0.29, 0.717) is 0 Å². The predicted molar refractivity (Wildman–Crippen MR) is 122 cm³/mol. The van der Waals surface area contributed by atoms with E-state index in [-0.39, 0.29) is 11.7 Å². The summed E-state index contributed by atoms with van der Waals surface area (Å²) in [5.74, 6) is 0. The number of fused-ring (bicyclic) bond motifs is 4. The smallest absolute Gasteiger partial charge is 0.104 e. The Labute approximate surface area is 174 Å². The van der Waals surface area contributed by atoms with Gasteiger partial charge in [0.05, 0.1) is 17.1 Å². The van der Waals surface area contributed by atoms with Crippen LogP contribution in [-0.2, 0) is 6.42 Å². The maximum Gasteiger partial charge on any atom is 0.104 e. The van der Waals surface area contributed by atoms with Crippen molar-refractivity contribution in [1.82, 2.24) is 4.98 Å². The highest BCUT2D eigenvalue weighted by atomic mass is 15.4. The molecule has 0 unspecified atom stereocenters. The highest BCUT2D eigenvalue weighted by Crippen LogP contribution is 2.51. The van der Waals surface area contributed by atoms with E-state index in [1.54, 1.807) is 0 Å². The summed E-state index contributed by atoms with van der Waals surface area (Å²) in [5.41, 5.74) is 11.6. The third kappa shape index (κ3) is 2.67. The second kappa shape index (κ2) is 6.09. The number of aryl methyl sites for hydroxylation is 2. The zero-order valence-corrected chi connectivity index (χ0v) is 18.2. The molecule has 1 aliphatic heterocycles. The molecule has 148 valence electrons. The second-order valence-corrected chi connectivity index (χ2v) is 9.45. The van der Waals surface area contributed by atoms with Crippen molar-refractivity contribution < 1.29 is 0 Å². The van der Waals surface area contributed by atoms with Crippen LogP contribution in [0.2, 0.25) is 0 Å². The maximum absolute atomic E-state index is 4.82. The zero-order chi connectivity index (χ0) is 20.5. The molecule has 0 amide bonds. The van der Waals surface area contributed by atoms with E-state index in [4.69, 9.17) is 4.98 Å². The maximum atomic E-state index is 4.82. The van der Waals surface area contributed by atoms with Crippen molar-refractivity contribution in [1.29, 1.82) is 0 Å². The minimum absolute atomic E-state index is 0.0206. The molecule has 29 heavy (non-hydrogen) atoms. The average molecular weight is 384 g/mol. The van der Waals surface area contributed by atoms with Gasteiger partial charge in [0.2, 0.25) is 0 Å². The number of aromatic nitrogens is 1. The van der Waals surface area contributed by atoms with Gasteiger partial charge in [0.1, 0.15) is 6.17 Å². The van der Waals surface area contributed by atoms with Crippen LogP contribution in [0.5, 0.6) is 0 Å². The number of para-hydroxylation sites is 1. The summed E-state index contributed by atoms with van der Waals surface area (Å²) in [4.78, 5) is 9.89. The van der Waals surface area contributed by atoms with Crippen molar-refractivity contribution in [2.24, 2.45) is 0 Å². The fourth-order valence-corrected chi connectivity index (χ4v) is 5.18. The summed E-state index contributed by atoms with van der Waals surface area (Å²) < 4.78 is 0. The molecule has 2 aromatic carbocycles. The summed E-state index contributed by atoms with van der Waals surface area (Å²) in [5, 5.41) is 0. The van der Waals surface area contributed by atoms with E-state index in [9.17, 15) is 0 Å². The minimum Gasteiger partial charge on any atom is -0.345 e. The van der Waals surface area contributed by atoms with Gasteiger partial charge in [-0.15, -0.1) is 0 Å². The molecule has 1 atom stereocenters. The molecule has 2 heterocycles. The van der Waals surface area contributed by atoms with Crippen molar-refractivity contribution in [2.75, 3.05) is 9.80 Å². The van der Waals surface area contributed by atoms with Crippen LogP contribution in [0.3, 0.4) is 0 Å². The van der Waals surface area contributed by atoms with Gasteiger partial charge in [-0.1, -0.05) is 24.3 Å². The lowest BCUT2D eigenvalue weighted by molar-refractivity contribution is 0.468. The molecule has 5 rings (SSSR count). The van der Waals surface area contributed by atoms with Crippen molar-refractivity contribution in [2.45, 2.75) is 59.7 Å². The van der Waals surface area contributed by atoms with Gasteiger partial charge in [-0.25, -0.2) is 0 Å². The normalized spacial score (nSPS) is 17.4. The largest absolute Gasteiger partial charge is 0.345 e. The summed E-state index contributed by atoms with van der Waals surface area (Å²) in [6.45, 7) is 13.5. The van der Waals surface area contributed by atoms with Crippen molar-refractivity contribution in [3.8, 4) is 11.1 Å². The number of hydrogen-bond acceptors (Lipinski definition) is 3. The Morgan fingerprint density at radius 1 is 0.897 bits per heavy atom. The Balaban J connectivity index is 1.74. The van der Waals surface area contributed by atoms with Crippen LogP contribution < -0.4 is 9.80 Å². The monoisotopic (exact) mass is 383 g/mol. The first-order valence-corrected chi connectivity index (χ1v) is 10.5. The number of anilines is 3. The molecule has 0 bridgehead atoms. The van der Waals surface area contributed by atoms with Crippen molar-refractivity contribution in [3.63, 3.8) is 0 Å². The van der Waals surface area contributed by atoms with E-state index in [1.165, 1.54) is 45.0 Å². The molecule has 2 aliphatic rings. The average Bonchev–Trinajstić information content (AvgIpc) is 3.13. The topological polar surface area (TPSA) is 19.4 Å². The third-order valence-corrected chi connectivity index (χ3v) is 6.33. The van der Waals surface area contributed by atoms with E-state index in [1.807, 2.05) is 0 Å². The number of nitrogens with zero attached hydrogens (tertiary/aromatic N) is 3. The first kappa shape index (κ1) is 18.2. The summed E-state index contributed by atoms with van der Waals surface area (Å²) in [6, 6.07) is 17.9. The summed E-state index contributed by atoms with van der Waals surface area (Å²) in [7, 11) is 0. The van der Waals surface area contributed by atoms with Crippen LogP contribution in [0.4, 0.5) is 17.1 Å². The SMILES string of the molecule is Cc1ccc2c(n1)Cc1cc3c(cc1-2)N(C(C)(C)C)[C@H](C)N3c1ccccc1C. The molecule has 3 aromatic rings. The molecule has 0 saturated carbocycles. The van der Waals surface area contributed by atoms with Gasteiger partial charge in [-0.2, -0.15) is 0 Å². The van der Waals surface area contributed by atoms with Gasteiger partial charge in [-0.05, 0) is 82.5 Å². The molecular weight excluding hydrogens is 354 g/mol. The van der Waals surface area contributed by atoms with Gasteiger partial charge in [0, 0.05) is 28.9 Å². The van der Waals surface area contributed by atoms with Crippen molar-refractivity contribution >= 4 is 17.1 Å². The quantitative estimate of drug-likeness (QED) is 0.380. The first-order valence-electron chi connectivity index (χ1n) is 10.5. The van der Waals surface area contributed by atoms with Gasteiger partial charge in [0.15, 0.2) is 0 Å². The molecule has 0 saturated heterocycles. The lowest BCUT2D eigenvalue weighted by Crippen LogP contribution is -2.49. The van der Waals surface area contributed by atoms with Crippen LogP contribution in [0.25, 0.3) is 11.1 Å². The molecular formula is C26H29N3. The van der Waals surface area contributed by atoms with Crippen LogP contribution in [0, 0.1) is 13.8 Å². The van der Waals surface area contributed by atoms with Crippen LogP contribution >= 0.6 is 0 Å². The molecule has 0 radical (unpaired) electrons. The predicted octanol–water partition coefficient (Wildman–Crippen LogP) is 6.37. The molecule has 0 fully saturated rings. The fourth-order valence-electron chi connectivity index (χ4n) is 5.18. The molecule has 1 aliphatic carbocycles. The molecule has 3 heteroatoms. The van der Waals surface area contributed by atoms with Gasteiger partial charge >= 0.3 is 0 Å². The summed E-state index contributed by atoms with van der Waals surface area (Å²) >= 11 is 0. The van der Waals surface area contributed by atoms with Gasteiger partial charge in [0.25, 0.3) is 0 Å². The fraction of sp³-hybridized carbons (Fsp3) is 0.346. The van der Waals surface area contributed by atoms with Gasteiger partial charge in [-0.3, -0.25) is 4.98 Å². The van der Waals surface area contributed by atoms with E-state index in [0.717, 1.165) is 12.1 Å². The highest BCUT2D eigenvalue weighted by molar-refractivity contribution is 5.91. The second-order valence-electron chi connectivity index (χ2n) is 9.45. The first-order chi connectivity index (χ1) is 13.8. The summed E-state index contributed by atoms with van der Waals surface area (Å²) in [6.07, 6.45) is 1.18. The Hall–Kier alpha value is -2.81. The lowest BCUT2D eigenvalue weighted by atomic mass is 10.0. The van der Waals surface area contributed by atoms with Crippen LogP contribution in [0.1, 0.15) is 50.2 Å². The van der Waals surface area contributed by atoms with Gasteiger partial charge < -0.3 is 9.80 Å². The molecule has 1 aromatic heterocycles. The highest BCUT2D eigenvalue weighted by Gasteiger charge is 2.41. The number of rotatable bonds is 1. The molecule has 0 spiro atoms. The van der Waals surface area contributed by atoms with E-state index < -0.39 is 0 Å². The Morgan fingerprint density at radius 3 is 2.38 bits per heavy atom. The Kier molecular flexibility index (Phi) is 3.83. The number of hydrogen-bond donors (Lipinski definition) is 0.